The number of nitrogens with one attached hydrogen (secondary N) is 2. The third-order valence-electron chi connectivity index (χ3n) is 19.8. The fourth-order valence-electron chi connectivity index (χ4n) is 13.3. The van der Waals surface area contributed by atoms with E-state index in [0.717, 1.165) is 83.1 Å². The van der Waals surface area contributed by atoms with E-state index in [1.807, 2.05) is 10.7 Å². The second kappa shape index (κ2) is 58.7. The zero-order chi connectivity index (χ0) is 93.1. The molecule has 18 heteroatoms. The Morgan fingerprint density at radius 1 is 0.383 bits per heavy atom. The maximum atomic E-state index is 12.6. The third kappa shape index (κ3) is 35.6. The molecule has 17 nitrogen and oxygen atoms in total. The smallest absolute Gasteiger partial charge is 0.265 e. The fraction of sp³-hybridized carbons (Fsp3) is 0.252. The van der Waals surface area contributed by atoms with Crippen molar-refractivity contribution in [3.05, 3.63) is 224 Å². The van der Waals surface area contributed by atoms with Gasteiger partial charge in [-0.3, -0.25) is 23.6 Å². The standard InChI is InChI=1S/C43H4.C22H21N.C21H25N5O2.C13H18N4O5S.C10H12.C5H4.CH4/c1-3-5-7-9-11-13-15-17-19-21-23-25-27-29-31-33-35-37-39-41-43-42-40-38-36-34-32-30-28-26-24-22-20-18-16-14-12-10-8-6-4-2;1-4-10-18(11-5-1)21-16-23(17-21)22(19-12-6-2-7-13-19)20-14-8-3-9-15-20;1-14(25-12-16(13-25)15-5-3-2-4-6-15)19-23-20-18(21(27)24-19)11-22-26(20)17-7-9-28-10-8-17;1-8(22-23(2,19)20)11-15-12-10(13(18)16-11)7-14-17(12)9-3-5-21-6-4-9;1-2-5-9(6-3-1)10-7-4-8-10;1-3-5-4-2;/h1H,2H3;1-15,21-22H,16-17H2;2-6,11,14,16-17H,7-10,12-13H2,1H3,(H,23,24,27);7-9H,3-6H2,1-2H3,(H,15,16,18);1-3,5-6,10H,4,7-8H2;1H,2H3;1H4/t;;14-;8-;;;/m..10.../s1. The molecule has 646 valence electrons. The van der Waals surface area contributed by atoms with E-state index in [1.54, 1.807) is 24.7 Å². The molecule has 4 saturated heterocycles. The first-order chi connectivity index (χ1) is 64.8. The van der Waals surface area contributed by atoms with E-state index in [0.29, 0.717) is 53.2 Å². The summed E-state index contributed by atoms with van der Waals surface area (Å²) in [6.07, 6.45) is 20.5. The maximum absolute atomic E-state index is 12.6. The first-order valence-corrected chi connectivity index (χ1v) is 43.5. The summed E-state index contributed by atoms with van der Waals surface area (Å²) in [5, 5.41) is 9.68. The Morgan fingerprint density at radius 3 is 0.962 bits per heavy atom. The van der Waals surface area contributed by atoms with Crippen LogP contribution in [-0.4, -0.2) is 117 Å². The van der Waals surface area contributed by atoms with E-state index >= 15 is 0 Å². The van der Waals surface area contributed by atoms with Gasteiger partial charge in [0.2, 0.25) is 0 Å². The number of likely N-dealkylation sites (tertiary alicyclic amines) is 2. The number of fused-ring (bicyclic) bond motifs is 2. The molecule has 0 unspecified atom stereocenters. The molecule has 8 heterocycles. The normalized spacial score (nSPS) is 12.9. The Bertz CT molecular complexity index is 7390. The topological polar surface area (TPSA) is 195 Å². The minimum atomic E-state index is -3.66. The summed E-state index contributed by atoms with van der Waals surface area (Å²) in [5.41, 5.74) is 7.78. The monoisotopic (exact) mass is 1750 g/mol. The number of aromatic nitrogens is 8. The van der Waals surface area contributed by atoms with Crippen LogP contribution in [0.4, 0.5) is 0 Å². The summed E-state index contributed by atoms with van der Waals surface area (Å²) in [4.78, 5) is 44.5. The molecule has 4 aromatic heterocycles. The lowest BCUT2D eigenvalue weighted by Crippen LogP contribution is -2.47. The third-order valence-corrected chi connectivity index (χ3v) is 20.4. The molecule has 5 aromatic carbocycles. The molecule has 1 aliphatic carbocycles. The predicted molar refractivity (Wildman–Crippen MR) is 526 cm³/mol. The van der Waals surface area contributed by atoms with Crippen LogP contribution in [0.3, 0.4) is 0 Å². The molecule has 0 bridgehead atoms. The highest BCUT2D eigenvalue weighted by molar-refractivity contribution is 7.86. The Balaban J connectivity index is 0.000000211. The van der Waals surface area contributed by atoms with Gasteiger partial charge in [0.05, 0.1) is 42.8 Å². The van der Waals surface area contributed by atoms with E-state index in [4.69, 9.17) is 31.5 Å². The molecule has 2 atom stereocenters. The van der Waals surface area contributed by atoms with E-state index in [-0.39, 0.29) is 42.5 Å². The van der Waals surface area contributed by atoms with Gasteiger partial charge in [-0.15, -0.1) is 12.8 Å². The minimum absolute atomic E-state index is 0. The predicted octanol–water partition coefficient (Wildman–Crippen LogP) is 13.0. The van der Waals surface area contributed by atoms with Crippen molar-refractivity contribution in [1.29, 1.82) is 0 Å². The van der Waals surface area contributed by atoms with Gasteiger partial charge in [-0.05, 0) is 207 Å². The Labute approximate surface area is 783 Å². The molecular weight excluding hydrogens is 1670 g/mol. The molecule has 1 saturated carbocycles. The van der Waals surface area contributed by atoms with E-state index < -0.39 is 16.2 Å². The van der Waals surface area contributed by atoms with Crippen molar-refractivity contribution >= 4 is 32.2 Å². The molecule has 133 heavy (non-hydrogen) atoms. The number of rotatable bonds is 13. The van der Waals surface area contributed by atoms with Crippen LogP contribution in [0.5, 0.6) is 0 Å². The fourth-order valence-corrected chi connectivity index (χ4v) is 13.9. The van der Waals surface area contributed by atoms with E-state index in [2.05, 4.69) is 448 Å². The van der Waals surface area contributed by atoms with Crippen molar-refractivity contribution in [1.82, 2.24) is 49.3 Å². The van der Waals surface area contributed by atoms with Gasteiger partial charge >= 0.3 is 0 Å². The highest BCUT2D eigenvalue weighted by Crippen LogP contribution is 2.39. The van der Waals surface area contributed by atoms with E-state index in [1.165, 1.54) is 60.2 Å². The second-order valence-electron chi connectivity index (χ2n) is 28.5. The number of ether oxygens (including phenoxy) is 2. The number of hydrogen-bond donors (Lipinski definition) is 2. The largest absolute Gasteiger partial charge is 0.381 e. The summed E-state index contributed by atoms with van der Waals surface area (Å²) < 4.78 is 41.8. The van der Waals surface area contributed by atoms with Gasteiger partial charge in [-0.25, -0.2) is 19.3 Å². The quantitative estimate of drug-likeness (QED) is 0.0818. The number of terminal acetylenes is 2. The Kier molecular flexibility index (Phi) is 44.5. The summed E-state index contributed by atoms with van der Waals surface area (Å²) in [7, 11) is -3.66. The van der Waals surface area contributed by atoms with Gasteiger partial charge in [0, 0.05) is 207 Å². The summed E-state index contributed by atoms with van der Waals surface area (Å²) in [6.45, 7) is 14.0. The molecule has 5 aliphatic rings. The average molecular weight is 1750 g/mol. The molecule has 0 amide bonds. The number of H-pyrrole nitrogens is 2. The van der Waals surface area contributed by atoms with Gasteiger partial charge in [0.15, 0.2) is 11.3 Å². The lowest BCUT2D eigenvalue weighted by atomic mass is 9.80. The Morgan fingerprint density at radius 2 is 0.669 bits per heavy atom. The zero-order valence-electron chi connectivity index (χ0n) is 73.3. The molecule has 14 rings (SSSR count). The van der Waals surface area contributed by atoms with Crippen molar-refractivity contribution in [2.45, 2.75) is 128 Å². The van der Waals surface area contributed by atoms with Crippen LogP contribution < -0.4 is 11.1 Å². The lowest BCUT2D eigenvalue weighted by Gasteiger charge is -2.45. The van der Waals surface area contributed by atoms with Gasteiger partial charge < -0.3 is 19.4 Å². The summed E-state index contributed by atoms with van der Waals surface area (Å²) >= 11 is 0. The molecule has 2 N–H and O–H groups in total. The average Bonchev–Trinajstić information content (AvgIpc) is 1.46. The number of benzene rings is 5. The first-order valence-electron chi connectivity index (χ1n) is 41.7. The van der Waals surface area contributed by atoms with Crippen LogP contribution in [-0.2, 0) is 23.8 Å². The second-order valence-corrected chi connectivity index (χ2v) is 30.1. The lowest BCUT2D eigenvalue weighted by molar-refractivity contribution is 0.0671. The minimum Gasteiger partial charge on any atom is -0.381 e. The van der Waals surface area contributed by atoms with Crippen LogP contribution in [0.2, 0.25) is 0 Å². The van der Waals surface area contributed by atoms with Gasteiger partial charge in [0.1, 0.15) is 28.5 Å². The Hall–Kier alpha value is -17.6. The van der Waals surface area contributed by atoms with Crippen molar-refractivity contribution in [2.24, 2.45) is 0 Å². The molecule has 0 radical (unpaired) electrons. The van der Waals surface area contributed by atoms with Crippen molar-refractivity contribution in [3.8, 4) is 273 Å². The maximum Gasteiger partial charge on any atom is 0.265 e. The summed E-state index contributed by atoms with van der Waals surface area (Å²) in [5.74, 6) is 112. The number of hydrogen-bond acceptors (Lipinski definition) is 13. The highest BCUT2D eigenvalue weighted by Gasteiger charge is 2.36. The van der Waals surface area contributed by atoms with Crippen molar-refractivity contribution in [2.75, 3.05) is 58.9 Å². The number of nitrogens with zero attached hydrogens (tertiary/aromatic N) is 8. The van der Waals surface area contributed by atoms with Gasteiger partial charge in [0.25, 0.3) is 21.2 Å². The molecule has 0 spiro atoms. The van der Waals surface area contributed by atoms with Gasteiger partial charge in [-0.1, -0.05) is 177 Å². The van der Waals surface area contributed by atoms with Crippen LogP contribution in [0, 0.1) is 273 Å². The molecule has 5 fully saturated rings. The zero-order valence-corrected chi connectivity index (χ0v) is 74.1. The highest BCUT2D eigenvalue weighted by atomic mass is 32.2. The van der Waals surface area contributed by atoms with E-state index in [9.17, 15) is 18.0 Å². The number of aromatic amines is 2. The van der Waals surface area contributed by atoms with Crippen LogP contribution in [0.15, 0.2) is 174 Å². The van der Waals surface area contributed by atoms with Gasteiger partial charge in [-0.2, -0.15) is 18.6 Å². The summed E-state index contributed by atoms with van der Waals surface area (Å²) in [6, 6.07) is 54.8. The molecule has 4 aliphatic heterocycles. The van der Waals surface area contributed by atoms with Crippen LogP contribution in [0.1, 0.15) is 168 Å². The van der Waals surface area contributed by atoms with Crippen molar-refractivity contribution < 1.29 is 22.1 Å². The van der Waals surface area contributed by atoms with Crippen LogP contribution >= 0.6 is 0 Å². The SMILES string of the molecule is C.C#CC#CC.C#CC#CC#CC#CC#CC#CC#CC#CC#CC#CC#CC#CC#CC#CC#CC#CC#CC#CC#CC#CC#CC.C[C@H](OS(C)(=O)=O)c1nc2c(cnn2C2CCOCC2)c(=O)[nH]1.C[C@H](c1nc2c(cnn2C2CCOCC2)c(=O)[nH]1)N1CC(c2ccccc2)C1.c1ccc(C2CCC2)cc1.c1ccc(C2CN(C(c3ccccc3)c3ccccc3)C2)cc1. The first kappa shape index (κ1) is 101. The van der Waals surface area contributed by atoms with Crippen LogP contribution in [0.25, 0.3) is 22.1 Å². The van der Waals surface area contributed by atoms with Crippen molar-refractivity contribution in [3.63, 3.8) is 0 Å². The molecular formula is C115H88N10O7S. The molecule has 9 aromatic rings.